The van der Waals surface area contributed by atoms with Crippen LogP contribution in [0.2, 0.25) is 10.0 Å². The van der Waals surface area contributed by atoms with E-state index in [1.807, 2.05) is 55.5 Å². The third kappa shape index (κ3) is 6.32. The Labute approximate surface area is 357 Å². The molecule has 0 radical (unpaired) electrons. The predicted octanol–water partition coefficient (Wildman–Crippen LogP) is 9.04. The zero-order chi connectivity index (χ0) is 41.9. The van der Waals surface area contributed by atoms with Gasteiger partial charge in [0.1, 0.15) is 23.9 Å². The minimum absolute atomic E-state index is 0.0767. The van der Waals surface area contributed by atoms with Gasteiger partial charge < -0.3 is 14.6 Å². The number of phenolic OH excluding ortho intramolecular Hbond substituents is 1. The van der Waals surface area contributed by atoms with Crippen molar-refractivity contribution < 1.29 is 33.8 Å². The summed E-state index contributed by atoms with van der Waals surface area (Å²) >= 11 is 12.8. The first-order valence-corrected chi connectivity index (χ1v) is 20.7. The molecule has 0 bridgehead atoms. The van der Waals surface area contributed by atoms with E-state index in [9.17, 15) is 14.7 Å². The van der Waals surface area contributed by atoms with Crippen LogP contribution < -0.4 is 19.8 Å². The Kier molecular flexibility index (Phi) is 10.2. The second kappa shape index (κ2) is 15.5. The molecule has 0 spiro atoms. The molecular weight excluding hydrogens is 801 g/mol. The van der Waals surface area contributed by atoms with Gasteiger partial charge in [0.05, 0.1) is 46.7 Å². The summed E-state index contributed by atoms with van der Waals surface area (Å²) in [4.78, 5) is 61.0. The molecule has 2 aliphatic carbocycles. The number of hydrogen-bond donors (Lipinski definition) is 2. The van der Waals surface area contributed by atoms with Crippen LogP contribution in [0.3, 0.4) is 0 Å². The second-order valence-corrected chi connectivity index (χ2v) is 16.6. The third-order valence-electron chi connectivity index (χ3n) is 12.7. The van der Waals surface area contributed by atoms with Crippen molar-refractivity contribution >= 4 is 58.2 Å². The Hall–Kier alpha value is -6.10. The number of aromatic hydroxyl groups is 1. The largest absolute Gasteiger partial charge is 0.508 e. The predicted molar refractivity (Wildman–Crippen MR) is 228 cm³/mol. The zero-order valence-electron chi connectivity index (χ0n) is 32.8. The molecule has 60 heavy (non-hydrogen) atoms. The van der Waals surface area contributed by atoms with Crippen LogP contribution in [0.4, 0.5) is 11.4 Å². The highest BCUT2D eigenvalue weighted by atomic mass is 35.5. The topological polar surface area (TPSA) is 125 Å². The number of benzene rings is 5. The molecule has 0 aromatic heterocycles. The number of carbonyl (C=O) groups is 4. The van der Waals surface area contributed by atoms with Crippen LogP contribution in [0.1, 0.15) is 47.9 Å². The molecule has 2 aliphatic heterocycles. The molecule has 5 aromatic rings. The lowest BCUT2D eigenvalue weighted by Crippen LogP contribution is -2.53. The van der Waals surface area contributed by atoms with Crippen LogP contribution in [0.15, 0.2) is 127 Å². The average Bonchev–Trinajstić information content (AvgIpc) is 3.64. The van der Waals surface area contributed by atoms with Crippen molar-refractivity contribution in [1.29, 1.82) is 0 Å². The van der Waals surface area contributed by atoms with E-state index in [1.54, 1.807) is 67.8 Å². The Bertz CT molecular complexity index is 2560. The number of fused-ring (bicyclic) bond motifs is 4. The number of phenols is 1. The minimum atomic E-state index is -1.64. The molecule has 304 valence electrons. The number of hydrogen-bond acceptors (Lipinski definition) is 8. The standard InChI is InChI=1S/C48H41Cl2N3O7/c1-3-27-9-14-31(15-10-27)52-44(55)36-21-20-34-37(42(36)46(52)57)25-38-45(56)53(51-40-22-13-30(49)23-39(40)50)47(58)48(38,29-11-16-32(59-2)17-12-29)43(34)35-19-18-33(24-41(35)54)60-26-28-7-5-4-6-8-28/h4-20,22-24,36-38,42-43,51,54H,3,21,25-26H2,1-2H3. The van der Waals surface area contributed by atoms with E-state index in [1.165, 1.54) is 17.0 Å². The van der Waals surface area contributed by atoms with Gasteiger partial charge in [-0.1, -0.05) is 102 Å². The van der Waals surface area contributed by atoms with Crippen LogP contribution in [0, 0.1) is 23.7 Å². The number of nitrogens with zero attached hydrogens (tertiary/aromatic N) is 2. The average molecular weight is 843 g/mol. The molecule has 9 rings (SSSR count). The summed E-state index contributed by atoms with van der Waals surface area (Å²) in [6.07, 6.45) is 3.06. The van der Waals surface area contributed by atoms with Crippen molar-refractivity contribution in [2.45, 2.75) is 44.1 Å². The maximum absolute atomic E-state index is 15.6. The molecule has 6 atom stereocenters. The molecule has 10 nitrogen and oxygen atoms in total. The molecule has 2 saturated heterocycles. The molecule has 2 heterocycles. The molecule has 4 amide bonds. The van der Waals surface area contributed by atoms with E-state index in [4.69, 9.17) is 32.7 Å². The van der Waals surface area contributed by atoms with Crippen LogP contribution in [-0.4, -0.2) is 40.9 Å². The monoisotopic (exact) mass is 841 g/mol. The fourth-order valence-corrected chi connectivity index (χ4v) is 10.4. The number of methoxy groups -OCH3 is 1. The van der Waals surface area contributed by atoms with Crippen molar-refractivity contribution in [2.24, 2.45) is 23.7 Å². The lowest BCUT2D eigenvalue weighted by molar-refractivity contribution is -0.138. The van der Waals surface area contributed by atoms with Gasteiger partial charge in [-0.15, -0.1) is 0 Å². The smallest absolute Gasteiger partial charge is 0.260 e. The van der Waals surface area contributed by atoms with Crippen LogP contribution in [0.5, 0.6) is 17.2 Å². The van der Waals surface area contributed by atoms with E-state index in [2.05, 4.69) is 5.43 Å². The number of hydrazine groups is 1. The van der Waals surface area contributed by atoms with E-state index >= 15 is 9.59 Å². The number of nitrogens with one attached hydrogen (secondary N) is 1. The normalized spacial score (nSPS) is 24.5. The van der Waals surface area contributed by atoms with E-state index < -0.39 is 46.8 Å². The number of rotatable bonds is 10. The highest BCUT2D eigenvalue weighted by Crippen LogP contribution is 2.65. The number of imide groups is 2. The van der Waals surface area contributed by atoms with Gasteiger partial charge >= 0.3 is 0 Å². The summed E-state index contributed by atoms with van der Waals surface area (Å²) in [6.45, 7) is 2.29. The van der Waals surface area contributed by atoms with Gasteiger partial charge in [-0.25, -0.2) is 0 Å². The summed E-state index contributed by atoms with van der Waals surface area (Å²) in [5, 5.41) is 13.7. The number of amides is 4. The van der Waals surface area contributed by atoms with Crippen LogP contribution >= 0.6 is 23.2 Å². The maximum atomic E-state index is 15.6. The molecule has 4 aliphatic rings. The molecular formula is C48H41Cl2N3O7. The van der Waals surface area contributed by atoms with Gasteiger partial charge in [-0.2, -0.15) is 5.01 Å². The molecule has 1 saturated carbocycles. The van der Waals surface area contributed by atoms with Crippen molar-refractivity contribution in [3.05, 3.63) is 159 Å². The van der Waals surface area contributed by atoms with E-state index in [0.717, 1.165) is 22.6 Å². The van der Waals surface area contributed by atoms with E-state index in [0.29, 0.717) is 38.9 Å². The van der Waals surface area contributed by atoms with E-state index in [-0.39, 0.29) is 47.7 Å². The highest BCUT2D eigenvalue weighted by Gasteiger charge is 2.70. The lowest BCUT2D eigenvalue weighted by atomic mass is 9.49. The van der Waals surface area contributed by atoms with Gasteiger partial charge in [-0.05, 0) is 90.4 Å². The summed E-state index contributed by atoms with van der Waals surface area (Å²) < 4.78 is 11.6. The first-order valence-electron chi connectivity index (χ1n) is 20.0. The van der Waals surface area contributed by atoms with Gasteiger partial charge in [0, 0.05) is 22.6 Å². The third-order valence-corrected chi connectivity index (χ3v) is 13.3. The Morgan fingerprint density at radius 1 is 0.800 bits per heavy atom. The zero-order valence-corrected chi connectivity index (χ0v) is 34.3. The summed E-state index contributed by atoms with van der Waals surface area (Å²) in [6, 6.07) is 33.7. The summed E-state index contributed by atoms with van der Waals surface area (Å²) in [5.41, 5.74) is 5.73. The SMILES string of the molecule is CCc1ccc(N2C(=O)C3CC=C4C(CC5C(=O)N(Nc6ccc(Cl)cc6Cl)C(=O)C5(c5ccc(OC)cc5)C4c4ccc(OCc5ccccc5)cc4O)C3C2=O)cc1. The first-order chi connectivity index (χ1) is 29.0. The first kappa shape index (κ1) is 39.4. The van der Waals surface area contributed by atoms with Gasteiger partial charge in [-0.3, -0.25) is 29.5 Å². The Balaban J connectivity index is 1.21. The van der Waals surface area contributed by atoms with Crippen molar-refractivity contribution in [3.8, 4) is 17.2 Å². The van der Waals surface area contributed by atoms with Gasteiger partial charge in [0.25, 0.3) is 11.8 Å². The Morgan fingerprint density at radius 2 is 1.53 bits per heavy atom. The molecule has 5 aromatic carbocycles. The number of carbonyl (C=O) groups excluding carboxylic acids is 4. The van der Waals surface area contributed by atoms with Gasteiger partial charge in [0.2, 0.25) is 11.8 Å². The molecule has 3 fully saturated rings. The molecule has 6 unspecified atom stereocenters. The number of aryl methyl sites for hydroxylation is 1. The molecule has 2 N–H and O–H groups in total. The summed E-state index contributed by atoms with van der Waals surface area (Å²) in [7, 11) is 1.54. The fraction of sp³-hybridized carbons (Fsp3) is 0.250. The number of allylic oxidation sites excluding steroid dienone is 2. The lowest BCUT2D eigenvalue weighted by Gasteiger charge is -2.50. The van der Waals surface area contributed by atoms with Gasteiger partial charge in [0.15, 0.2) is 0 Å². The number of halogens is 2. The number of anilines is 2. The molecule has 12 heteroatoms. The van der Waals surface area contributed by atoms with Crippen molar-refractivity contribution in [3.63, 3.8) is 0 Å². The quantitative estimate of drug-likeness (QED) is 0.106. The van der Waals surface area contributed by atoms with Crippen LogP contribution in [0.25, 0.3) is 0 Å². The number of ether oxygens (including phenoxy) is 2. The minimum Gasteiger partial charge on any atom is -0.508 e. The second-order valence-electron chi connectivity index (χ2n) is 15.7. The maximum Gasteiger partial charge on any atom is 0.260 e. The van der Waals surface area contributed by atoms with Crippen molar-refractivity contribution in [1.82, 2.24) is 5.01 Å². The fourth-order valence-electron chi connectivity index (χ4n) is 9.92. The van der Waals surface area contributed by atoms with Crippen molar-refractivity contribution in [2.75, 3.05) is 17.4 Å². The Morgan fingerprint density at radius 3 is 2.22 bits per heavy atom. The highest BCUT2D eigenvalue weighted by molar-refractivity contribution is 6.36. The summed E-state index contributed by atoms with van der Waals surface area (Å²) in [5.74, 6) is -5.13. The van der Waals surface area contributed by atoms with Crippen LogP contribution in [-0.2, 0) is 37.6 Å².